The Bertz CT molecular complexity index is 382. The van der Waals surface area contributed by atoms with Crippen molar-refractivity contribution in [2.75, 3.05) is 6.54 Å². The Hall–Kier alpha value is 0.140. The average molecular weight is 358 g/mol. The van der Waals surface area contributed by atoms with Gasteiger partial charge < -0.3 is 5.32 Å². The molecule has 3 heteroatoms. The Balaban J connectivity index is 1.95. The first-order valence-corrected chi connectivity index (χ1v) is 9.87. The summed E-state index contributed by atoms with van der Waals surface area (Å²) in [6.07, 6.45) is 9.52. The molecule has 1 fully saturated rings. The second kappa shape index (κ2) is 8.55. The quantitative estimate of drug-likeness (QED) is 0.665. The fourth-order valence-corrected chi connectivity index (χ4v) is 4.98. The summed E-state index contributed by atoms with van der Waals surface area (Å²) in [7, 11) is 0. The van der Waals surface area contributed by atoms with Crippen LogP contribution in [-0.4, -0.2) is 12.6 Å². The van der Waals surface area contributed by atoms with Crippen LogP contribution in [0.4, 0.5) is 0 Å². The van der Waals surface area contributed by atoms with E-state index in [0.717, 1.165) is 18.4 Å². The normalized spacial score (nSPS) is 24.8. The molecule has 0 bridgehead atoms. The minimum Gasteiger partial charge on any atom is -0.313 e. The maximum atomic E-state index is 3.82. The van der Waals surface area contributed by atoms with Gasteiger partial charge in [-0.15, -0.1) is 11.3 Å². The van der Waals surface area contributed by atoms with E-state index >= 15 is 0 Å². The number of hydrogen-bond acceptors (Lipinski definition) is 2. The van der Waals surface area contributed by atoms with Crippen molar-refractivity contribution in [1.82, 2.24) is 5.32 Å². The van der Waals surface area contributed by atoms with Crippen LogP contribution in [0.1, 0.15) is 57.2 Å². The van der Waals surface area contributed by atoms with E-state index in [9.17, 15) is 0 Å². The van der Waals surface area contributed by atoms with Crippen LogP contribution in [0.3, 0.4) is 0 Å². The zero-order valence-corrected chi connectivity index (χ0v) is 15.2. The van der Waals surface area contributed by atoms with Gasteiger partial charge in [-0.3, -0.25) is 0 Å². The second-order valence-electron chi connectivity index (χ2n) is 6.15. The van der Waals surface area contributed by atoms with Gasteiger partial charge in [-0.2, -0.15) is 0 Å². The molecule has 1 atom stereocenters. The predicted octanol–water partition coefficient (Wildman–Crippen LogP) is 5.64. The van der Waals surface area contributed by atoms with Crippen LogP contribution >= 0.6 is 27.3 Å². The Kier molecular flexibility index (Phi) is 7.06. The van der Waals surface area contributed by atoms with Crippen molar-refractivity contribution in [3.63, 3.8) is 0 Å². The van der Waals surface area contributed by atoms with Crippen molar-refractivity contribution in [3.8, 4) is 0 Å². The van der Waals surface area contributed by atoms with E-state index in [1.54, 1.807) is 0 Å². The smallest absolute Gasteiger partial charge is 0.0314 e. The van der Waals surface area contributed by atoms with Gasteiger partial charge in [0, 0.05) is 15.4 Å². The lowest BCUT2D eigenvalue weighted by atomic mass is 9.76. The molecule has 1 aromatic heterocycles. The first-order chi connectivity index (χ1) is 9.74. The van der Waals surface area contributed by atoms with Gasteiger partial charge in [0.25, 0.3) is 0 Å². The lowest BCUT2D eigenvalue weighted by molar-refractivity contribution is 0.217. The van der Waals surface area contributed by atoms with Crippen LogP contribution in [0.25, 0.3) is 0 Å². The van der Waals surface area contributed by atoms with Gasteiger partial charge in [0.2, 0.25) is 0 Å². The predicted molar refractivity (Wildman–Crippen MR) is 93.5 cm³/mol. The summed E-state index contributed by atoms with van der Waals surface area (Å²) in [5.41, 5.74) is 0. The highest BCUT2D eigenvalue weighted by molar-refractivity contribution is 9.10. The summed E-state index contributed by atoms with van der Waals surface area (Å²) in [4.78, 5) is 1.51. The van der Waals surface area contributed by atoms with E-state index in [2.05, 4.69) is 46.5 Å². The lowest BCUT2D eigenvalue weighted by Gasteiger charge is -2.34. The molecular formula is C17H28BrNS. The van der Waals surface area contributed by atoms with E-state index in [-0.39, 0.29) is 0 Å². The Labute approximate surface area is 136 Å². The van der Waals surface area contributed by atoms with Crippen molar-refractivity contribution in [2.24, 2.45) is 11.8 Å². The number of hydrogen-bond donors (Lipinski definition) is 1. The molecule has 2 rings (SSSR count). The maximum absolute atomic E-state index is 3.82. The number of halogens is 1. The van der Waals surface area contributed by atoms with Crippen molar-refractivity contribution >= 4 is 27.3 Å². The molecular weight excluding hydrogens is 330 g/mol. The van der Waals surface area contributed by atoms with E-state index in [0.29, 0.717) is 6.04 Å². The average Bonchev–Trinajstić information content (AvgIpc) is 2.89. The van der Waals surface area contributed by atoms with Crippen LogP contribution in [0.5, 0.6) is 0 Å². The van der Waals surface area contributed by atoms with E-state index in [4.69, 9.17) is 0 Å². The van der Waals surface area contributed by atoms with Crippen LogP contribution in [-0.2, 0) is 6.42 Å². The third-order valence-electron chi connectivity index (χ3n) is 4.79. The molecule has 20 heavy (non-hydrogen) atoms. The molecule has 1 saturated carbocycles. The molecule has 0 amide bonds. The first kappa shape index (κ1) is 16.5. The summed E-state index contributed by atoms with van der Waals surface area (Å²) in [6, 6.07) is 2.85. The highest BCUT2D eigenvalue weighted by Gasteiger charge is 2.27. The van der Waals surface area contributed by atoms with Crippen molar-refractivity contribution < 1.29 is 0 Å². The third-order valence-corrected chi connectivity index (χ3v) is 6.74. The highest BCUT2D eigenvalue weighted by Crippen LogP contribution is 2.34. The van der Waals surface area contributed by atoms with Gasteiger partial charge in [-0.05, 0) is 71.4 Å². The molecule has 1 N–H and O–H groups in total. The minimum atomic E-state index is 0.669. The Morgan fingerprint density at radius 1 is 1.30 bits per heavy atom. The van der Waals surface area contributed by atoms with Gasteiger partial charge in [0.05, 0.1) is 0 Å². The summed E-state index contributed by atoms with van der Waals surface area (Å²) < 4.78 is 1.30. The van der Waals surface area contributed by atoms with Crippen LogP contribution in [0.2, 0.25) is 0 Å². The van der Waals surface area contributed by atoms with E-state index in [1.807, 2.05) is 11.3 Å². The Morgan fingerprint density at radius 3 is 2.60 bits per heavy atom. The van der Waals surface area contributed by atoms with Gasteiger partial charge in [0.1, 0.15) is 0 Å². The lowest BCUT2D eigenvalue weighted by Crippen LogP contribution is -2.40. The number of rotatable bonds is 7. The molecule has 0 saturated heterocycles. The monoisotopic (exact) mass is 357 g/mol. The summed E-state index contributed by atoms with van der Waals surface area (Å²) in [6.45, 7) is 5.76. The van der Waals surface area contributed by atoms with E-state index in [1.165, 1.54) is 54.3 Å². The standard InChI is InChI=1S/C17H28BrNS/c1-3-10-19-16(12-17-15(18)9-11-20-17)14-7-5-13(4-2)6-8-14/h9,11,13-14,16,19H,3-8,10,12H2,1-2H3. The van der Waals surface area contributed by atoms with Crippen LogP contribution in [0, 0.1) is 11.8 Å². The van der Waals surface area contributed by atoms with E-state index < -0.39 is 0 Å². The summed E-state index contributed by atoms with van der Waals surface area (Å²) in [5, 5.41) is 6.02. The zero-order chi connectivity index (χ0) is 14.4. The Morgan fingerprint density at radius 2 is 2.05 bits per heavy atom. The zero-order valence-electron chi connectivity index (χ0n) is 12.8. The largest absolute Gasteiger partial charge is 0.313 e. The minimum absolute atomic E-state index is 0.669. The summed E-state index contributed by atoms with van der Waals surface area (Å²) >= 11 is 5.58. The maximum Gasteiger partial charge on any atom is 0.0314 e. The van der Waals surface area contributed by atoms with Crippen LogP contribution < -0.4 is 5.32 Å². The molecule has 1 heterocycles. The fraction of sp³-hybridized carbons (Fsp3) is 0.765. The SMILES string of the molecule is CCCNC(Cc1sccc1Br)C1CCC(CC)CC1. The molecule has 1 aliphatic carbocycles. The first-order valence-electron chi connectivity index (χ1n) is 8.19. The molecule has 1 aliphatic rings. The molecule has 1 unspecified atom stereocenters. The van der Waals surface area contributed by atoms with Gasteiger partial charge >= 0.3 is 0 Å². The van der Waals surface area contributed by atoms with Crippen molar-refractivity contribution in [3.05, 3.63) is 20.8 Å². The molecule has 0 spiro atoms. The van der Waals surface area contributed by atoms with Gasteiger partial charge in [0.15, 0.2) is 0 Å². The molecule has 0 radical (unpaired) electrons. The van der Waals surface area contributed by atoms with Gasteiger partial charge in [-0.25, -0.2) is 0 Å². The topological polar surface area (TPSA) is 12.0 Å². The van der Waals surface area contributed by atoms with Crippen LogP contribution in [0.15, 0.2) is 15.9 Å². The van der Waals surface area contributed by atoms with Crippen molar-refractivity contribution in [2.45, 2.75) is 64.8 Å². The highest BCUT2D eigenvalue weighted by atomic mass is 79.9. The molecule has 1 aromatic rings. The van der Waals surface area contributed by atoms with Crippen molar-refractivity contribution in [1.29, 1.82) is 0 Å². The number of nitrogens with one attached hydrogen (secondary N) is 1. The molecule has 114 valence electrons. The molecule has 1 nitrogen and oxygen atoms in total. The summed E-state index contributed by atoms with van der Waals surface area (Å²) in [5.74, 6) is 1.87. The van der Waals surface area contributed by atoms with Gasteiger partial charge in [-0.1, -0.05) is 33.1 Å². The fourth-order valence-electron chi connectivity index (χ4n) is 3.40. The third kappa shape index (κ3) is 4.57. The molecule has 0 aliphatic heterocycles. The second-order valence-corrected chi connectivity index (χ2v) is 8.00. The number of thiophene rings is 1. The molecule has 0 aromatic carbocycles.